The molecule has 0 spiro atoms. The van der Waals surface area contributed by atoms with E-state index in [2.05, 4.69) is 5.32 Å². The lowest BCUT2D eigenvalue weighted by atomic mass is 10.3. The minimum absolute atomic E-state index is 0.315. The molecular weight excluding hydrogens is 308 g/mol. The van der Waals surface area contributed by atoms with Crippen molar-refractivity contribution in [1.29, 1.82) is 0 Å². The van der Waals surface area contributed by atoms with Crippen molar-refractivity contribution in [3.63, 3.8) is 0 Å². The number of hydrogen-bond acceptors (Lipinski definition) is 5. The predicted octanol–water partition coefficient (Wildman–Crippen LogP) is 2.21. The molecule has 0 bridgehead atoms. The third kappa shape index (κ3) is 4.25. The molecule has 0 amide bonds. The summed E-state index contributed by atoms with van der Waals surface area (Å²) in [6.07, 6.45) is 0.905. The van der Waals surface area contributed by atoms with Gasteiger partial charge >= 0.3 is 0 Å². The van der Waals surface area contributed by atoms with E-state index in [1.165, 1.54) is 0 Å². The number of furan rings is 1. The SMILES string of the molecule is Cc1oc(CNC(C)C)cc1S(=O)(=O)N1CCCSCC1. The van der Waals surface area contributed by atoms with Crippen molar-refractivity contribution >= 4 is 21.8 Å². The van der Waals surface area contributed by atoms with E-state index in [0.717, 1.165) is 17.9 Å². The van der Waals surface area contributed by atoms with Crippen LogP contribution >= 0.6 is 11.8 Å². The van der Waals surface area contributed by atoms with Gasteiger partial charge in [-0.15, -0.1) is 0 Å². The Kier molecular flexibility index (Phi) is 5.76. The van der Waals surface area contributed by atoms with E-state index in [0.29, 0.717) is 42.1 Å². The van der Waals surface area contributed by atoms with Crippen molar-refractivity contribution in [2.45, 2.75) is 44.7 Å². The molecule has 1 aliphatic rings. The standard InChI is InChI=1S/C14H24N2O3S2/c1-11(2)15-10-13-9-14(12(3)19-13)21(17,18)16-5-4-7-20-8-6-16/h9,11,15H,4-8,10H2,1-3H3. The van der Waals surface area contributed by atoms with Crippen LogP contribution < -0.4 is 5.32 Å². The highest BCUT2D eigenvalue weighted by Crippen LogP contribution is 2.25. The van der Waals surface area contributed by atoms with Crippen LogP contribution in [0.1, 0.15) is 31.8 Å². The summed E-state index contributed by atoms with van der Waals surface area (Å²) >= 11 is 1.81. The molecule has 0 atom stereocenters. The molecule has 1 N–H and O–H groups in total. The third-order valence-electron chi connectivity index (χ3n) is 3.41. The van der Waals surface area contributed by atoms with Gasteiger partial charge in [-0.1, -0.05) is 13.8 Å². The van der Waals surface area contributed by atoms with Crippen molar-refractivity contribution in [1.82, 2.24) is 9.62 Å². The quantitative estimate of drug-likeness (QED) is 0.896. The zero-order valence-electron chi connectivity index (χ0n) is 12.9. The molecule has 0 aliphatic carbocycles. The van der Waals surface area contributed by atoms with E-state index in [-0.39, 0.29) is 0 Å². The summed E-state index contributed by atoms with van der Waals surface area (Å²) in [5, 5.41) is 3.24. The van der Waals surface area contributed by atoms with Crippen LogP contribution in [0.5, 0.6) is 0 Å². The van der Waals surface area contributed by atoms with Crippen LogP contribution in [0.15, 0.2) is 15.4 Å². The zero-order valence-corrected chi connectivity index (χ0v) is 14.5. The molecule has 0 saturated carbocycles. The fourth-order valence-electron chi connectivity index (χ4n) is 2.27. The number of thioether (sulfide) groups is 1. The van der Waals surface area contributed by atoms with Crippen LogP contribution in [0.4, 0.5) is 0 Å². The van der Waals surface area contributed by atoms with Crippen LogP contribution in [0.2, 0.25) is 0 Å². The van der Waals surface area contributed by atoms with Crippen molar-refractivity contribution < 1.29 is 12.8 Å². The largest absolute Gasteiger partial charge is 0.464 e. The van der Waals surface area contributed by atoms with Gasteiger partial charge in [-0.2, -0.15) is 16.1 Å². The van der Waals surface area contributed by atoms with Crippen LogP contribution in [0.25, 0.3) is 0 Å². The molecule has 7 heteroatoms. The molecule has 1 aromatic rings. The van der Waals surface area contributed by atoms with E-state index < -0.39 is 10.0 Å². The van der Waals surface area contributed by atoms with Gasteiger partial charge in [0.25, 0.3) is 0 Å². The van der Waals surface area contributed by atoms with Gasteiger partial charge in [-0.3, -0.25) is 0 Å². The normalized spacial score (nSPS) is 18.1. The van der Waals surface area contributed by atoms with Gasteiger partial charge < -0.3 is 9.73 Å². The Morgan fingerprint density at radius 1 is 1.38 bits per heavy atom. The molecule has 0 aromatic carbocycles. The van der Waals surface area contributed by atoms with E-state index >= 15 is 0 Å². The summed E-state index contributed by atoms with van der Waals surface area (Å²) in [4.78, 5) is 0.315. The average molecular weight is 332 g/mol. The molecule has 21 heavy (non-hydrogen) atoms. The van der Waals surface area contributed by atoms with E-state index in [1.54, 1.807) is 17.3 Å². The molecule has 120 valence electrons. The zero-order chi connectivity index (χ0) is 15.5. The number of sulfonamides is 1. The highest BCUT2D eigenvalue weighted by atomic mass is 32.2. The second-order valence-corrected chi connectivity index (χ2v) is 8.67. The second kappa shape index (κ2) is 7.17. The minimum Gasteiger partial charge on any atom is -0.464 e. The number of nitrogens with one attached hydrogen (secondary N) is 1. The Balaban J connectivity index is 2.19. The van der Waals surface area contributed by atoms with Gasteiger partial charge in [0.15, 0.2) is 0 Å². The fraction of sp³-hybridized carbons (Fsp3) is 0.714. The lowest BCUT2D eigenvalue weighted by Gasteiger charge is -2.18. The molecule has 5 nitrogen and oxygen atoms in total. The molecule has 0 radical (unpaired) electrons. The van der Waals surface area contributed by atoms with E-state index in [1.807, 2.05) is 25.6 Å². The fourth-order valence-corrected chi connectivity index (χ4v) is 4.94. The maximum atomic E-state index is 12.7. The lowest BCUT2D eigenvalue weighted by molar-refractivity contribution is 0.427. The molecule has 1 fully saturated rings. The third-order valence-corrected chi connectivity index (χ3v) is 6.46. The van der Waals surface area contributed by atoms with Crippen LogP contribution in [-0.4, -0.2) is 43.4 Å². The molecule has 1 aliphatic heterocycles. The van der Waals surface area contributed by atoms with Gasteiger partial charge in [0, 0.05) is 31.0 Å². The lowest BCUT2D eigenvalue weighted by Crippen LogP contribution is -2.33. The molecule has 0 unspecified atom stereocenters. The first-order valence-electron chi connectivity index (χ1n) is 7.32. The number of nitrogens with zero attached hydrogens (tertiary/aromatic N) is 1. The number of aryl methyl sites for hydroxylation is 1. The van der Waals surface area contributed by atoms with Gasteiger partial charge in [0.2, 0.25) is 10.0 Å². The first kappa shape index (κ1) is 16.9. The smallest absolute Gasteiger partial charge is 0.246 e. The van der Waals surface area contributed by atoms with Crippen molar-refractivity contribution in [2.24, 2.45) is 0 Å². The van der Waals surface area contributed by atoms with Crippen LogP contribution in [0, 0.1) is 6.92 Å². The number of hydrogen-bond donors (Lipinski definition) is 1. The first-order valence-corrected chi connectivity index (χ1v) is 9.91. The maximum absolute atomic E-state index is 12.7. The minimum atomic E-state index is -3.44. The highest BCUT2D eigenvalue weighted by Gasteiger charge is 2.29. The highest BCUT2D eigenvalue weighted by molar-refractivity contribution is 7.99. The predicted molar refractivity (Wildman–Crippen MR) is 86.1 cm³/mol. The van der Waals surface area contributed by atoms with E-state index in [4.69, 9.17) is 4.42 Å². The van der Waals surface area contributed by atoms with Crippen molar-refractivity contribution in [3.8, 4) is 0 Å². The molecule has 2 heterocycles. The molecule has 1 aromatic heterocycles. The van der Waals surface area contributed by atoms with E-state index in [9.17, 15) is 8.42 Å². The summed E-state index contributed by atoms with van der Waals surface area (Å²) in [6, 6.07) is 2.00. The topological polar surface area (TPSA) is 62.6 Å². The Morgan fingerprint density at radius 3 is 2.86 bits per heavy atom. The summed E-state index contributed by atoms with van der Waals surface area (Å²) in [5.41, 5.74) is 0. The number of rotatable bonds is 5. The summed E-state index contributed by atoms with van der Waals surface area (Å²) in [5.74, 6) is 3.04. The first-order chi connectivity index (χ1) is 9.91. The van der Waals surface area contributed by atoms with Crippen LogP contribution in [0.3, 0.4) is 0 Å². The summed E-state index contributed by atoms with van der Waals surface area (Å²) in [7, 11) is -3.44. The van der Waals surface area contributed by atoms with Gasteiger partial charge in [0.1, 0.15) is 16.4 Å². The Bertz CT molecular complexity index is 559. The van der Waals surface area contributed by atoms with Crippen molar-refractivity contribution in [3.05, 3.63) is 17.6 Å². The second-order valence-electron chi connectivity index (χ2n) is 5.54. The Hall–Kier alpha value is -0.500. The van der Waals surface area contributed by atoms with Crippen LogP contribution in [-0.2, 0) is 16.6 Å². The average Bonchev–Trinajstić information content (AvgIpc) is 2.64. The monoisotopic (exact) mass is 332 g/mol. The van der Waals surface area contributed by atoms with Gasteiger partial charge in [-0.25, -0.2) is 8.42 Å². The molecular formula is C14H24N2O3S2. The van der Waals surface area contributed by atoms with Gasteiger partial charge in [0.05, 0.1) is 6.54 Å². The van der Waals surface area contributed by atoms with Crippen molar-refractivity contribution in [2.75, 3.05) is 24.6 Å². The summed E-state index contributed by atoms with van der Waals surface area (Å²) < 4.78 is 32.7. The molecule has 2 rings (SSSR count). The summed E-state index contributed by atoms with van der Waals surface area (Å²) in [6.45, 7) is 7.53. The Labute approximate surface area is 131 Å². The Morgan fingerprint density at radius 2 is 2.14 bits per heavy atom. The molecule has 1 saturated heterocycles. The maximum Gasteiger partial charge on any atom is 0.246 e. The van der Waals surface area contributed by atoms with Gasteiger partial charge in [-0.05, 0) is 19.1 Å².